The predicted molar refractivity (Wildman–Crippen MR) is 66.4 cm³/mol. The Balaban J connectivity index is 2.75. The number of rotatable bonds is 4. The van der Waals surface area contributed by atoms with Gasteiger partial charge in [0.25, 0.3) is 0 Å². The van der Waals surface area contributed by atoms with Gasteiger partial charge in [-0.25, -0.2) is 0 Å². The molecule has 1 aromatic carbocycles. The van der Waals surface area contributed by atoms with Gasteiger partial charge in [0.1, 0.15) is 0 Å². The Hall–Kier alpha value is -1.55. The third-order valence-corrected chi connectivity index (χ3v) is 2.56. The first-order valence-corrected chi connectivity index (χ1v) is 5.56. The molecule has 0 radical (unpaired) electrons. The number of carboxylic acids is 1. The van der Waals surface area contributed by atoms with Gasteiger partial charge in [0.2, 0.25) is 5.91 Å². The molecule has 1 amide bonds. The van der Waals surface area contributed by atoms with Crippen LogP contribution in [-0.2, 0) is 9.59 Å². The van der Waals surface area contributed by atoms with Crippen LogP contribution in [0.4, 0.5) is 5.69 Å². The number of amides is 1. The van der Waals surface area contributed by atoms with Crippen molar-refractivity contribution in [3.05, 3.63) is 28.3 Å². The molecule has 0 unspecified atom stereocenters. The fourth-order valence-corrected chi connectivity index (χ4v) is 1.86. The van der Waals surface area contributed by atoms with Crippen LogP contribution in [0.25, 0.3) is 0 Å². The van der Waals surface area contributed by atoms with Crippen molar-refractivity contribution in [2.45, 2.75) is 26.7 Å². The number of carbonyl (C=O) groups excluding carboxylic acids is 1. The third-order valence-electron chi connectivity index (χ3n) is 2.26. The van der Waals surface area contributed by atoms with Gasteiger partial charge in [-0.05, 0) is 31.0 Å². The standard InChI is InChI=1S/C12H14ClNO3/c1-7-5-8(2)12(9(13)6-7)14-10(15)3-4-11(16)17/h5-6H,3-4H2,1-2H3,(H,14,15)(H,16,17). The van der Waals surface area contributed by atoms with E-state index >= 15 is 0 Å². The van der Waals surface area contributed by atoms with E-state index in [0.29, 0.717) is 10.7 Å². The van der Waals surface area contributed by atoms with Gasteiger partial charge in [-0.15, -0.1) is 0 Å². The van der Waals surface area contributed by atoms with Crippen LogP contribution in [0.15, 0.2) is 12.1 Å². The summed E-state index contributed by atoms with van der Waals surface area (Å²) in [7, 11) is 0. The van der Waals surface area contributed by atoms with E-state index in [4.69, 9.17) is 16.7 Å². The zero-order valence-electron chi connectivity index (χ0n) is 9.71. The molecule has 0 aromatic heterocycles. The van der Waals surface area contributed by atoms with Crippen molar-refractivity contribution in [3.8, 4) is 0 Å². The summed E-state index contributed by atoms with van der Waals surface area (Å²) in [6.45, 7) is 3.75. The highest BCUT2D eigenvalue weighted by molar-refractivity contribution is 6.34. The summed E-state index contributed by atoms with van der Waals surface area (Å²) < 4.78 is 0. The van der Waals surface area contributed by atoms with Crippen LogP contribution < -0.4 is 5.32 Å². The van der Waals surface area contributed by atoms with E-state index in [2.05, 4.69) is 5.32 Å². The lowest BCUT2D eigenvalue weighted by Crippen LogP contribution is -2.14. The normalized spacial score (nSPS) is 10.1. The Morgan fingerprint density at radius 1 is 1.29 bits per heavy atom. The molecule has 0 heterocycles. The van der Waals surface area contributed by atoms with Crippen molar-refractivity contribution in [2.24, 2.45) is 0 Å². The lowest BCUT2D eigenvalue weighted by atomic mass is 10.1. The average molecular weight is 256 g/mol. The van der Waals surface area contributed by atoms with Gasteiger partial charge < -0.3 is 10.4 Å². The molecule has 0 aliphatic rings. The number of nitrogens with one attached hydrogen (secondary N) is 1. The molecule has 0 aliphatic heterocycles. The minimum Gasteiger partial charge on any atom is -0.481 e. The number of hydrogen-bond donors (Lipinski definition) is 2. The first-order valence-electron chi connectivity index (χ1n) is 5.18. The highest BCUT2D eigenvalue weighted by Crippen LogP contribution is 2.27. The molecule has 92 valence electrons. The van der Waals surface area contributed by atoms with Crippen LogP contribution >= 0.6 is 11.6 Å². The Morgan fingerprint density at radius 3 is 2.47 bits per heavy atom. The summed E-state index contributed by atoms with van der Waals surface area (Å²) in [5.41, 5.74) is 2.42. The van der Waals surface area contributed by atoms with Gasteiger partial charge in [0, 0.05) is 6.42 Å². The Morgan fingerprint density at radius 2 is 1.94 bits per heavy atom. The average Bonchev–Trinajstić information content (AvgIpc) is 2.20. The first kappa shape index (κ1) is 13.5. The molecule has 0 aliphatic carbocycles. The molecular formula is C12H14ClNO3. The van der Waals surface area contributed by atoms with E-state index < -0.39 is 5.97 Å². The first-order chi connectivity index (χ1) is 7.90. The van der Waals surface area contributed by atoms with Crippen molar-refractivity contribution < 1.29 is 14.7 Å². The predicted octanol–water partition coefficient (Wildman–Crippen LogP) is 2.76. The molecule has 1 rings (SSSR count). The van der Waals surface area contributed by atoms with E-state index in [9.17, 15) is 9.59 Å². The number of aryl methyl sites for hydroxylation is 2. The minimum absolute atomic E-state index is 0.0566. The van der Waals surface area contributed by atoms with Crippen LogP contribution in [0.3, 0.4) is 0 Å². The second-order valence-corrected chi connectivity index (χ2v) is 4.29. The summed E-state index contributed by atoms with van der Waals surface area (Å²) in [6.07, 6.45) is -0.243. The van der Waals surface area contributed by atoms with Crippen molar-refractivity contribution in [1.29, 1.82) is 0 Å². The maximum Gasteiger partial charge on any atom is 0.303 e. The number of halogens is 1. The van der Waals surface area contributed by atoms with Crippen LogP contribution in [0.5, 0.6) is 0 Å². The topological polar surface area (TPSA) is 66.4 Å². The monoisotopic (exact) mass is 255 g/mol. The zero-order valence-corrected chi connectivity index (χ0v) is 10.5. The van der Waals surface area contributed by atoms with Crippen LogP contribution in [0.2, 0.25) is 5.02 Å². The lowest BCUT2D eigenvalue weighted by molar-refractivity contribution is -0.138. The van der Waals surface area contributed by atoms with Gasteiger partial charge in [-0.1, -0.05) is 17.7 Å². The Bertz CT molecular complexity index is 434. The van der Waals surface area contributed by atoms with E-state index in [1.807, 2.05) is 19.9 Å². The van der Waals surface area contributed by atoms with Crippen molar-refractivity contribution in [2.75, 3.05) is 5.32 Å². The highest BCUT2D eigenvalue weighted by Gasteiger charge is 2.10. The summed E-state index contributed by atoms with van der Waals surface area (Å²) in [5, 5.41) is 11.6. The van der Waals surface area contributed by atoms with Crippen LogP contribution in [0, 0.1) is 13.8 Å². The molecule has 2 N–H and O–H groups in total. The number of aliphatic carboxylic acids is 1. The van der Waals surface area contributed by atoms with E-state index in [-0.39, 0.29) is 18.7 Å². The maximum atomic E-state index is 11.5. The fourth-order valence-electron chi connectivity index (χ4n) is 1.50. The minimum atomic E-state index is -0.994. The number of benzene rings is 1. The molecule has 0 fully saturated rings. The van der Waals surface area contributed by atoms with Gasteiger partial charge in [-0.2, -0.15) is 0 Å². The molecule has 4 nitrogen and oxygen atoms in total. The number of carbonyl (C=O) groups is 2. The molecule has 0 bridgehead atoms. The summed E-state index contributed by atoms with van der Waals surface area (Å²) in [6, 6.07) is 3.65. The van der Waals surface area contributed by atoms with Gasteiger partial charge in [0.15, 0.2) is 0 Å². The summed E-state index contributed by atoms with van der Waals surface area (Å²) in [4.78, 5) is 21.8. The van der Waals surface area contributed by atoms with Gasteiger partial charge >= 0.3 is 5.97 Å². The van der Waals surface area contributed by atoms with E-state index in [1.54, 1.807) is 6.07 Å². The zero-order chi connectivity index (χ0) is 13.0. The molecule has 0 saturated heterocycles. The molecule has 0 saturated carbocycles. The van der Waals surface area contributed by atoms with Crippen molar-refractivity contribution in [3.63, 3.8) is 0 Å². The van der Waals surface area contributed by atoms with E-state index in [0.717, 1.165) is 11.1 Å². The molecule has 5 heteroatoms. The highest BCUT2D eigenvalue weighted by atomic mass is 35.5. The van der Waals surface area contributed by atoms with Gasteiger partial charge in [0.05, 0.1) is 17.1 Å². The fraction of sp³-hybridized carbons (Fsp3) is 0.333. The smallest absolute Gasteiger partial charge is 0.303 e. The molecule has 0 atom stereocenters. The van der Waals surface area contributed by atoms with Crippen molar-refractivity contribution in [1.82, 2.24) is 0 Å². The molecule has 17 heavy (non-hydrogen) atoms. The largest absolute Gasteiger partial charge is 0.481 e. The van der Waals surface area contributed by atoms with Gasteiger partial charge in [-0.3, -0.25) is 9.59 Å². The molecule has 0 spiro atoms. The Kier molecular flexibility index (Phi) is 4.52. The summed E-state index contributed by atoms with van der Waals surface area (Å²) in [5.74, 6) is -1.34. The SMILES string of the molecule is Cc1cc(C)c(NC(=O)CCC(=O)O)c(Cl)c1. The quantitative estimate of drug-likeness (QED) is 0.869. The van der Waals surface area contributed by atoms with Crippen molar-refractivity contribution >= 4 is 29.2 Å². The van der Waals surface area contributed by atoms with E-state index in [1.165, 1.54) is 0 Å². The Labute approximate surface area is 105 Å². The molecular weight excluding hydrogens is 242 g/mol. The maximum absolute atomic E-state index is 11.5. The number of hydrogen-bond acceptors (Lipinski definition) is 2. The second-order valence-electron chi connectivity index (χ2n) is 3.88. The summed E-state index contributed by atoms with van der Waals surface area (Å²) >= 11 is 6.01. The van der Waals surface area contributed by atoms with Crippen LogP contribution in [0.1, 0.15) is 24.0 Å². The number of carboxylic acid groups (broad SMARTS) is 1. The van der Waals surface area contributed by atoms with Crippen LogP contribution in [-0.4, -0.2) is 17.0 Å². The lowest BCUT2D eigenvalue weighted by Gasteiger charge is -2.11. The number of anilines is 1. The molecule has 1 aromatic rings. The second kappa shape index (κ2) is 5.68. The third kappa shape index (κ3) is 4.07.